The number of nitrogens with zero attached hydrogens (tertiary/aromatic N) is 2. The van der Waals surface area contributed by atoms with Crippen LogP contribution in [0.2, 0.25) is 0 Å². The maximum atomic E-state index is 8.79. The topological polar surface area (TPSA) is 57.9 Å². The summed E-state index contributed by atoms with van der Waals surface area (Å²) in [4.78, 5) is 3.93. The maximum Gasteiger partial charge on any atom is 0.142 e. The van der Waals surface area contributed by atoms with Crippen molar-refractivity contribution >= 4 is 11.4 Å². The van der Waals surface area contributed by atoms with Crippen LogP contribution in [-0.4, -0.2) is 11.6 Å². The van der Waals surface area contributed by atoms with E-state index in [4.69, 9.17) is 10.00 Å². The van der Waals surface area contributed by atoms with Crippen molar-refractivity contribution < 1.29 is 4.74 Å². The largest absolute Gasteiger partial charge is 0.494 e. The molecule has 2 rings (SSSR count). The Morgan fingerprint density at radius 3 is 2.68 bits per heavy atom. The van der Waals surface area contributed by atoms with E-state index in [1.54, 1.807) is 12.3 Å². The lowest BCUT2D eigenvalue weighted by Gasteiger charge is -2.08. The normalized spacial score (nSPS) is 9.68. The molecule has 0 fully saturated rings. The molecular formula is C15H15N3O. The third-order valence-corrected chi connectivity index (χ3v) is 2.49. The van der Waals surface area contributed by atoms with Crippen molar-refractivity contribution in [3.63, 3.8) is 0 Å². The van der Waals surface area contributed by atoms with Crippen molar-refractivity contribution in [2.75, 3.05) is 11.9 Å². The Morgan fingerprint density at radius 1 is 1.21 bits per heavy atom. The highest BCUT2D eigenvalue weighted by atomic mass is 16.5. The zero-order chi connectivity index (χ0) is 13.5. The van der Waals surface area contributed by atoms with Crippen molar-refractivity contribution in [2.45, 2.75) is 13.3 Å². The number of ether oxygens (including phenoxy) is 1. The second kappa shape index (κ2) is 6.41. The molecule has 4 heteroatoms. The lowest BCUT2D eigenvalue weighted by molar-refractivity contribution is 0.317. The summed E-state index contributed by atoms with van der Waals surface area (Å²) in [7, 11) is 0. The fourth-order valence-electron chi connectivity index (χ4n) is 1.59. The zero-order valence-corrected chi connectivity index (χ0v) is 10.8. The molecule has 1 heterocycles. The Kier molecular flexibility index (Phi) is 4.35. The molecule has 0 saturated carbocycles. The van der Waals surface area contributed by atoms with E-state index in [0.717, 1.165) is 30.2 Å². The van der Waals surface area contributed by atoms with Gasteiger partial charge in [-0.1, -0.05) is 6.92 Å². The van der Waals surface area contributed by atoms with E-state index in [1.165, 1.54) is 0 Å². The summed E-state index contributed by atoms with van der Waals surface area (Å²) in [5, 5.41) is 12.0. The van der Waals surface area contributed by atoms with Gasteiger partial charge in [0.15, 0.2) is 0 Å². The molecule has 2 aromatic rings. The van der Waals surface area contributed by atoms with Crippen LogP contribution in [0, 0.1) is 11.3 Å². The first-order valence-corrected chi connectivity index (χ1v) is 6.18. The Hall–Kier alpha value is -2.54. The molecule has 0 aliphatic heterocycles. The summed E-state index contributed by atoms with van der Waals surface area (Å²) in [5.74, 6) is 0.861. The summed E-state index contributed by atoms with van der Waals surface area (Å²) < 4.78 is 5.52. The van der Waals surface area contributed by atoms with Gasteiger partial charge in [-0.05, 0) is 42.8 Å². The molecule has 19 heavy (non-hydrogen) atoms. The minimum absolute atomic E-state index is 0.396. The number of anilines is 2. The molecule has 0 radical (unpaired) electrons. The van der Waals surface area contributed by atoms with Crippen molar-refractivity contribution in [2.24, 2.45) is 0 Å². The van der Waals surface area contributed by atoms with Crippen LogP contribution in [-0.2, 0) is 0 Å². The minimum Gasteiger partial charge on any atom is -0.494 e. The Bertz CT molecular complexity index is 573. The van der Waals surface area contributed by atoms with E-state index >= 15 is 0 Å². The van der Waals surface area contributed by atoms with E-state index in [9.17, 15) is 0 Å². The fourth-order valence-corrected chi connectivity index (χ4v) is 1.59. The lowest BCUT2D eigenvalue weighted by Crippen LogP contribution is -1.95. The summed E-state index contributed by atoms with van der Waals surface area (Å²) in [6, 6.07) is 13.3. The van der Waals surface area contributed by atoms with Gasteiger partial charge in [-0.2, -0.15) is 5.26 Å². The number of rotatable bonds is 5. The van der Waals surface area contributed by atoms with Crippen LogP contribution in [0.25, 0.3) is 0 Å². The van der Waals surface area contributed by atoms with Crippen LogP contribution in [0.3, 0.4) is 0 Å². The van der Waals surface area contributed by atoms with Crippen LogP contribution >= 0.6 is 0 Å². The predicted octanol–water partition coefficient (Wildman–Crippen LogP) is 3.49. The molecule has 0 bridgehead atoms. The highest BCUT2D eigenvalue weighted by Gasteiger charge is 1.98. The Labute approximate surface area is 112 Å². The smallest absolute Gasteiger partial charge is 0.142 e. The van der Waals surface area contributed by atoms with Crippen LogP contribution in [0.5, 0.6) is 5.75 Å². The van der Waals surface area contributed by atoms with Crippen molar-refractivity contribution in [3.05, 3.63) is 48.3 Å². The summed E-state index contributed by atoms with van der Waals surface area (Å²) in [6.07, 6.45) is 2.60. The Morgan fingerprint density at radius 2 is 2.00 bits per heavy atom. The standard InChI is InChI=1S/C15H15N3O/c1-2-9-19-15-5-3-12(4-6-15)18-13-7-8-17-14(10-13)11-16/h3-8,10H,2,9H2,1H3,(H,17,18). The highest BCUT2D eigenvalue weighted by Crippen LogP contribution is 2.20. The highest BCUT2D eigenvalue weighted by molar-refractivity contribution is 5.60. The van der Waals surface area contributed by atoms with Gasteiger partial charge in [0.05, 0.1) is 6.61 Å². The molecule has 4 nitrogen and oxygen atoms in total. The van der Waals surface area contributed by atoms with Crippen molar-refractivity contribution in [1.29, 1.82) is 5.26 Å². The molecule has 1 aromatic carbocycles. The second-order valence-electron chi connectivity index (χ2n) is 4.04. The van der Waals surface area contributed by atoms with E-state index in [-0.39, 0.29) is 0 Å². The van der Waals surface area contributed by atoms with Crippen LogP contribution in [0.1, 0.15) is 19.0 Å². The molecule has 0 atom stereocenters. The van der Waals surface area contributed by atoms with Crippen LogP contribution < -0.4 is 10.1 Å². The van der Waals surface area contributed by atoms with Gasteiger partial charge in [-0.25, -0.2) is 4.98 Å². The Balaban J connectivity index is 2.04. The van der Waals surface area contributed by atoms with Gasteiger partial charge in [0, 0.05) is 17.6 Å². The van der Waals surface area contributed by atoms with E-state index in [2.05, 4.69) is 17.2 Å². The summed E-state index contributed by atoms with van der Waals surface area (Å²) in [5.41, 5.74) is 2.18. The number of nitrogens with one attached hydrogen (secondary N) is 1. The van der Waals surface area contributed by atoms with Crippen molar-refractivity contribution in [3.8, 4) is 11.8 Å². The van der Waals surface area contributed by atoms with Crippen LogP contribution in [0.15, 0.2) is 42.6 Å². The third kappa shape index (κ3) is 3.71. The predicted molar refractivity (Wildman–Crippen MR) is 74.5 cm³/mol. The van der Waals surface area contributed by atoms with Gasteiger partial charge in [0.1, 0.15) is 17.5 Å². The van der Waals surface area contributed by atoms with Gasteiger partial charge >= 0.3 is 0 Å². The van der Waals surface area contributed by atoms with Gasteiger partial charge in [0.25, 0.3) is 0 Å². The number of pyridine rings is 1. The van der Waals surface area contributed by atoms with Gasteiger partial charge in [-0.3, -0.25) is 0 Å². The SMILES string of the molecule is CCCOc1ccc(Nc2ccnc(C#N)c2)cc1. The van der Waals surface area contributed by atoms with E-state index in [1.807, 2.05) is 36.4 Å². The summed E-state index contributed by atoms with van der Waals surface area (Å²) >= 11 is 0. The number of benzene rings is 1. The molecular weight excluding hydrogens is 238 g/mol. The van der Waals surface area contributed by atoms with E-state index in [0.29, 0.717) is 5.69 Å². The minimum atomic E-state index is 0.396. The second-order valence-corrected chi connectivity index (χ2v) is 4.04. The summed E-state index contributed by atoms with van der Waals surface area (Å²) in [6.45, 7) is 2.80. The number of hydrogen-bond acceptors (Lipinski definition) is 4. The average molecular weight is 253 g/mol. The first-order chi connectivity index (χ1) is 9.31. The molecule has 0 unspecified atom stereocenters. The number of aromatic nitrogens is 1. The number of nitriles is 1. The van der Waals surface area contributed by atoms with Gasteiger partial charge in [-0.15, -0.1) is 0 Å². The maximum absolute atomic E-state index is 8.79. The van der Waals surface area contributed by atoms with Crippen molar-refractivity contribution in [1.82, 2.24) is 4.98 Å². The average Bonchev–Trinajstić information content (AvgIpc) is 2.47. The molecule has 96 valence electrons. The van der Waals surface area contributed by atoms with Crippen LogP contribution in [0.4, 0.5) is 11.4 Å². The molecule has 0 spiro atoms. The molecule has 0 aliphatic carbocycles. The zero-order valence-electron chi connectivity index (χ0n) is 10.8. The molecule has 0 saturated heterocycles. The molecule has 0 aliphatic rings. The van der Waals surface area contributed by atoms with E-state index < -0.39 is 0 Å². The lowest BCUT2D eigenvalue weighted by atomic mass is 10.2. The first-order valence-electron chi connectivity index (χ1n) is 6.18. The van der Waals surface area contributed by atoms with Gasteiger partial charge < -0.3 is 10.1 Å². The molecule has 1 aromatic heterocycles. The monoisotopic (exact) mass is 253 g/mol. The molecule has 1 N–H and O–H groups in total. The first kappa shape index (κ1) is 12.9. The third-order valence-electron chi connectivity index (χ3n) is 2.49. The fraction of sp³-hybridized carbons (Fsp3) is 0.200. The molecule has 0 amide bonds. The number of hydrogen-bond donors (Lipinski definition) is 1. The van der Waals surface area contributed by atoms with Gasteiger partial charge in [0.2, 0.25) is 0 Å². The quantitative estimate of drug-likeness (QED) is 0.886.